The number of piperazine rings is 1. The van der Waals surface area contributed by atoms with Gasteiger partial charge in [0.2, 0.25) is 0 Å². The number of ether oxygens (including phenoxy) is 1. The van der Waals surface area contributed by atoms with Gasteiger partial charge in [-0.2, -0.15) is 13.2 Å². The second-order valence-corrected chi connectivity index (χ2v) is 11.2. The van der Waals surface area contributed by atoms with Crippen LogP contribution < -0.4 is 0 Å². The number of alkyl halides is 3. The number of para-hydroxylation sites is 1. The average Bonchev–Trinajstić information content (AvgIpc) is 3.48. The van der Waals surface area contributed by atoms with E-state index < -0.39 is 12.1 Å². The number of aliphatic carboxylic acids is 1. The molecule has 0 saturated carbocycles. The lowest BCUT2D eigenvalue weighted by molar-refractivity contribution is -0.192. The van der Waals surface area contributed by atoms with Crippen LogP contribution in [-0.4, -0.2) is 107 Å². The number of hydrogen-bond acceptors (Lipinski definition) is 6. The highest BCUT2D eigenvalue weighted by Crippen LogP contribution is 2.26. The number of carbonyl (C=O) groups is 1. The number of nitrogens with zero attached hydrogens (tertiary/aromatic N) is 4. The van der Waals surface area contributed by atoms with Gasteiger partial charge in [-0.25, -0.2) is 9.78 Å². The molecule has 4 aromatic rings. The van der Waals surface area contributed by atoms with Crippen molar-refractivity contribution >= 4 is 17.0 Å². The van der Waals surface area contributed by atoms with E-state index in [-0.39, 0.29) is 0 Å². The van der Waals surface area contributed by atoms with Gasteiger partial charge < -0.3 is 14.8 Å². The molecule has 2 fully saturated rings. The molecule has 3 aromatic carbocycles. The SMILES string of the molecule is Cc1cccc2[nH]c(-c3ccc(-c4ccc(CN5CCN(CCN6CCOCC6)CC5)cc4)cc3)nc12.O=C(O)C(F)(F)F. The Labute approximate surface area is 255 Å². The first-order chi connectivity index (χ1) is 21.2. The van der Waals surface area contributed by atoms with Crippen LogP contribution in [0.15, 0.2) is 66.7 Å². The Bertz CT molecular complexity index is 1510. The summed E-state index contributed by atoms with van der Waals surface area (Å²) in [6.07, 6.45) is -5.08. The van der Waals surface area contributed by atoms with E-state index in [1.807, 2.05) is 0 Å². The maximum absolute atomic E-state index is 10.6. The van der Waals surface area contributed by atoms with E-state index >= 15 is 0 Å². The van der Waals surface area contributed by atoms with Crippen molar-refractivity contribution in [3.8, 4) is 22.5 Å². The molecule has 2 saturated heterocycles. The second kappa shape index (κ2) is 14.3. The second-order valence-electron chi connectivity index (χ2n) is 11.2. The van der Waals surface area contributed by atoms with E-state index in [1.165, 1.54) is 48.4 Å². The number of hydrogen-bond donors (Lipinski definition) is 2. The Morgan fingerprint density at radius 3 is 1.91 bits per heavy atom. The quantitative estimate of drug-likeness (QED) is 0.295. The van der Waals surface area contributed by atoms with Gasteiger partial charge in [0.25, 0.3) is 0 Å². The van der Waals surface area contributed by atoms with Gasteiger partial charge >= 0.3 is 12.1 Å². The van der Waals surface area contributed by atoms with Crippen molar-refractivity contribution in [3.63, 3.8) is 0 Å². The number of nitrogens with one attached hydrogen (secondary N) is 1. The number of benzene rings is 3. The lowest BCUT2D eigenvalue weighted by atomic mass is 10.0. The summed E-state index contributed by atoms with van der Waals surface area (Å²) in [4.78, 5) is 24.9. The average molecular weight is 610 g/mol. The number of rotatable bonds is 7. The molecule has 2 aliphatic heterocycles. The fourth-order valence-corrected chi connectivity index (χ4v) is 5.47. The first-order valence-corrected chi connectivity index (χ1v) is 14.9. The molecule has 0 bridgehead atoms. The molecule has 0 unspecified atom stereocenters. The van der Waals surface area contributed by atoms with Gasteiger partial charge in [-0.3, -0.25) is 14.7 Å². The number of aromatic nitrogens is 2. The lowest BCUT2D eigenvalue weighted by Crippen LogP contribution is -2.49. The third-order valence-corrected chi connectivity index (χ3v) is 8.11. The molecule has 234 valence electrons. The lowest BCUT2D eigenvalue weighted by Gasteiger charge is -2.36. The van der Waals surface area contributed by atoms with E-state index in [0.717, 1.165) is 68.4 Å². The number of fused-ring (bicyclic) bond motifs is 1. The number of aromatic amines is 1. The standard InChI is InChI=1S/C31H37N5O.C2HF3O2/c1-24-3-2-4-29-30(24)33-31(32-29)28-11-9-27(10-12-28)26-7-5-25(6-8-26)23-36-17-15-34(16-18-36)13-14-35-19-21-37-22-20-35;3-2(4,5)1(6)7/h2-12H,13-23H2,1H3,(H,32,33);(H,6,7). The van der Waals surface area contributed by atoms with E-state index in [9.17, 15) is 13.2 Å². The number of H-pyrrole nitrogens is 1. The fourth-order valence-electron chi connectivity index (χ4n) is 5.47. The molecule has 0 aliphatic carbocycles. The third kappa shape index (κ3) is 8.44. The number of carboxylic acid groups (broad SMARTS) is 1. The Hall–Kier alpha value is -3.77. The number of morpholine rings is 1. The van der Waals surface area contributed by atoms with Gasteiger partial charge in [-0.15, -0.1) is 0 Å². The molecular formula is C33H38F3N5O3. The van der Waals surface area contributed by atoms with Crippen LogP contribution in [0.1, 0.15) is 11.1 Å². The van der Waals surface area contributed by atoms with Crippen LogP contribution in [0.25, 0.3) is 33.5 Å². The number of imidazole rings is 1. The zero-order valence-corrected chi connectivity index (χ0v) is 24.8. The van der Waals surface area contributed by atoms with Gasteiger partial charge in [-0.1, -0.05) is 60.7 Å². The Morgan fingerprint density at radius 1 is 0.818 bits per heavy atom. The molecule has 0 radical (unpaired) electrons. The van der Waals surface area contributed by atoms with Crippen molar-refractivity contribution in [1.29, 1.82) is 0 Å². The van der Waals surface area contributed by atoms with Crippen molar-refractivity contribution in [2.24, 2.45) is 0 Å². The highest BCUT2D eigenvalue weighted by atomic mass is 19.4. The molecule has 2 aliphatic rings. The zero-order chi connectivity index (χ0) is 31.1. The van der Waals surface area contributed by atoms with Crippen molar-refractivity contribution in [3.05, 3.63) is 77.9 Å². The topological polar surface area (TPSA) is 84.9 Å². The molecule has 3 heterocycles. The molecule has 6 rings (SSSR count). The highest BCUT2D eigenvalue weighted by molar-refractivity contribution is 5.82. The van der Waals surface area contributed by atoms with Crippen LogP contribution in [0.3, 0.4) is 0 Å². The minimum atomic E-state index is -5.08. The Morgan fingerprint density at radius 2 is 1.34 bits per heavy atom. The molecular weight excluding hydrogens is 571 g/mol. The summed E-state index contributed by atoms with van der Waals surface area (Å²) in [5.41, 5.74) is 8.32. The number of halogens is 3. The first kappa shape index (κ1) is 31.6. The molecule has 0 amide bonds. The first-order valence-electron chi connectivity index (χ1n) is 14.9. The zero-order valence-electron chi connectivity index (χ0n) is 24.8. The molecule has 8 nitrogen and oxygen atoms in total. The van der Waals surface area contributed by atoms with Crippen molar-refractivity contribution < 1.29 is 27.8 Å². The molecule has 2 N–H and O–H groups in total. The highest BCUT2D eigenvalue weighted by Gasteiger charge is 2.38. The van der Waals surface area contributed by atoms with E-state index in [1.54, 1.807) is 0 Å². The number of aryl methyl sites for hydroxylation is 1. The molecule has 0 spiro atoms. The third-order valence-electron chi connectivity index (χ3n) is 8.11. The van der Waals surface area contributed by atoms with Crippen LogP contribution in [0.5, 0.6) is 0 Å². The summed E-state index contributed by atoms with van der Waals surface area (Å²) in [5, 5.41) is 7.12. The molecule has 0 atom stereocenters. The van der Waals surface area contributed by atoms with Crippen LogP contribution in [0, 0.1) is 6.92 Å². The maximum atomic E-state index is 10.6. The van der Waals surface area contributed by atoms with Crippen LogP contribution in [0.2, 0.25) is 0 Å². The Kier molecular flexibility index (Phi) is 10.3. The van der Waals surface area contributed by atoms with Crippen LogP contribution >= 0.6 is 0 Å². The van der Waals surface area contributed by atoms with Crippen LogP contribution in [-0.2, 0) is 16.1 Å². The van der Waals surface area contributed by atoms with Crippen molar-refractivity contribution in [1.82, 2.24) is 24.7 Å². The summed E-state index contributed by atoms with van der Waals surface area (Å²) in [5.74, 6) is -1.83. The summed E-state index contributed by atoms with van der Waals surface area (Å²) >= 11 is 0. The van der Waals surface area contributed by atoms with Gasteiger partial charge in [-0.05, 0) is 35.2 Å². The summed E-state index contributed by atoms with van der Waals surface area (Å²) < 4.78 is 37.2. The largest absolute Gasteiger partial charge is 0.490 e. The summed E-state index contributed by atoms with van der Waals surface area (Å²) in [6.45, 7) is 14.1. The normalized spacial score (nSPS) is 16.9. The molecule has 11 heteroatoms. The van der Waals surface area contributed by atoms with Gasteiger partial charge in [0.15, 0.2) is 0 Å². The van der Waals surface area contributed by atoms with Gasteiger partial charge in [0.1, 0.15) is 5.82 Å². The van der Waals surface area contributed by atoms with E-state index in [2.05, 4.69) is 93.3 Å². The van der Waals surface area contributed by atoms with Gasteiger partial charge in [0.05, 0.1) is 24.2 Å². The smallest absolute Gasteiger partial charge is 0.475 e. The molecule has 44 heavy (non-hydrogen) atoms. The Balaban J connectivity index is 0.000000493. The van der Waals surface area contributed by atoms with Gasteiger partial charge in [0, 0.05) is 64.5 Å². The van der Waals surface area contributed by atoms with Crippen LogP contribution in [0.4, 0.5) is 13.2 Å². The van der Waals surface area contributed by atoms with Crippen molar-refractivity contribution in [2.75, 3.05) is 65.6 Å². The van der Waals surface area contributed by atoms with E-state index in [0.29, 0.717) is 0 Å². The predicted octanol–water partition coefficient (Wildman–Crippen LogP) is 5.29. The maximum Gasteiger partial charge on any atom is 0.490 e. The van der Waals surface area contributed by atoms with Crippen molar-refractivity contribution in [2.45, 2.75) is 19.6 Å². The minimum Gasteiger partial charge on any atom is -0.475 e. The monoisotopic (exact) mass is 609 g/mol. The minimum absolute atomic E-state index is 0.889. The number of carboxylic acids is 1. The van der Waals surface area contributed by atoms with E-state index in [4.69, 9.17) is 19.6 Å². The molecule has 1 aromatic heterocycles. The predicted molar refractivity (Wildman–Crippen MR) is 164 cm³/mol. The summed E-state index contributed by atoms with van der Waals surface area (Å²) in [7, 11) is 0. The summed E-state index contributed by atoms with van der Waals surface area (Å²) in [6, 6.07) is 24.1. The fraction of sp³-hybridized carbons (Fsp3) is 0.394.